The van der Waals surface area contributed by atoms with Crippen molar-refractivity contribution >= 4 is 28.7 Å². The van der Waals surface area contributed by atoms with E-state index in [0.717, 1.165) is 11.8 Å². The van der Waals surface area contributed by atoms with Crippen LogP contribution in [-0.4, -0.2) is 41.2 Å². The van der Waals surface area contributed by atoms with E-state index in [9.17, 15) is 13.2 Å². The predicted molar refractivity (Wildman–Crippen MR) is 95.7 cm³/mol. The van der Waals surface area contributed by atoms with E-state index in [-0.39, 0.29) is 0 Å². The molecular weight excluding hydrogens is 349 g/mol. The zero-order chi connectivity index (χ0) is 17.9. The number of rotatable bonds is 2. The Kier molecular flexibility index (Phi) is 5.08. The second-order valence-electron chi connectivity index (χ2n) is 5.69. The van der Waals surface area contributed by atoms with Crippen LogP contribution in [0.2, 0.25) is 0 Å². The molecule has 3 rings (SSSR count). The maximum atomic E-state index is 12.9. The standard InChI is InChI=1S/C17H17F3N4S/c18-17(19,20)13-3-1-5-15(11-13)23-7-9-24(10-8-23)16(25)22-14-4-2-6-21-12-14/h1-6,11-12H,7-10H2,(H,22,25). The Morgan fingerprint density at radius 2 is 1.84 bits per heavy atom. The minimum absolute atomic E-state index is 0.584. The molecule has 4 nitrogen and oxygen atoms in total. The monoisotopic (exact) mass is 366 g/mol. The van der Waals surface area contributed by atoms with Gasteiger partial charge in [0.25, 0.3) is 0 Å². The molecule has 1 aliphatic heterocycles. The van der Waals surface area contributed by atoms with Gasteiger partial charge in [0.05, 0.1) is 17.4 Å². The number of benzene rings is 1. The van der Waals surface area contributed by atoms with Crippen molar-refractivity contribution in [3.8, 4) is 0 Å². The predicted octanol–water partition coefficient (Wildman–Crippen LogP) is 3.62. The second-order valence-corrected chi connectivity index (χ2v) is 6.08. The smallest absolute Gasteiger partial charge is 0.368 e. The summed E-state index contributed by atoms with van der Waals surface area (Å²) < 4.78 is 38.6. The van der Waals surface area contributed by atoms with Gasteiger partial charge < -0.3 is 15.1 Å². The fourth-order valence-electron chi connectivity index (χ4n) is 2.69. The molecule has 0 radical (unpaired) electrons. The van der Waals surface area contributed by atoms with E-state index in [2.05, 4.69) is 10.3 Å². The van der Waals surface area contributed by atoms with Crippen LogP contribution in [0, 0.1) is 0 Å². The van der Waals surface area contributed by atoms with E-state index >= 15 is 0 Å². The van der Waals surface area contributed by atoms with Crippen LogP contribution in [0.15, 0.2) is 48.8 Å². The van der Waals surface area contributed by atoms with Crippen molar-refractivity contribution in [3.63, 3.8) is 0 Å². The number of thiocarbonyl (C=S) groups is 1. The summed E-state index contributed by atoms with van der Waals surface area (Å²) in [5.41, 5.74) is 0.773. The van der Waals surface area contributed by atoms with E-state index in [1.807, 2.05) is 21.9 Å². The van der Waals surface area contributed by atoms with Gasteiger partial charge in [-0.05, 0) is 42.5 Å². The molecule has 1 fully saturated rings. The Labute approximate surface area is 149 Å². The Hall–Kier alpha value is -2.35. The quantitative estimate of drug-likeness (QED) is 0.821. The number of hydrogen-bond acceptors (Lipinski definition) is 3. The Morgan fingerprint density at radius 3 is 2.48 bits per heavy atom. The van der Waals surface area contributed by atoms with Gasteiger partial charge in [0.15, 0.2) is 5.11 Å². The lowest BCUT2D eigenvalue weighted by Crippen LogP contribution is -2.50. The fraction of sp³-hybridized carbons (Fsp3) is 0.294. The largest absolute Gasteiger partial charge is 0.416 e. The van der Waals surface area contributed by atoms with E-state index in [1.54, 1.807) is 18.5 Å². The molecule has 132 valence electrons. The molecule has 1 aromatic carbocycles. The summed E-state index contributed by atoms with van der Waals surface area (Å²) in [5.74, 6) is 0. The first-order chi connectivity index (χ1) is 11.9. The summed E-state index contributed by atoms with van der Waals surface area (Å²) in [6.07, 6.45) is -0.958. The molecule has 2 heterocycles. The van der Waals surface area contributed by atoms with Crippen molar-refractivity contribution in [2.75, 3.05) is 36.4 Å². The molecule has 2 aromatic rings. The second kappa shape index (κ2) is 7.26. The van der Waals surface area contributed by atoms with E-state index < -0.39 is 11.7 Å². The first-order valence-corrected chi connectivity index (χ1v) is 8.22. The van der Waals surface area contributed by atoms with Crippen molar-refractivity contribution in [3.05, 3.63) is 54.4 Å². The highest BCUT2D eigenvalue weighted by Crippen LogP contribution is 2.31. The van der Waals surface area contributed by atoms with Crippen LogP contribution >= 0.6 is 12.2 Å². The lowest BCUT2D eigenvalue weighted by atomic mass is 10.1. The third-order valence-electron chi connectivity index (χ3n) is 4.02. The Bertz CT molecular complexity index is 728. The minimum atomic E-state index is -4.33. The van der Waals surface area contributed by atoms with Crippen molar-refractivity contribution in [1.82, 2.24) is 9.88 Å². The van der Waals surface area contributed by atoms with Crippen molar-refractivity contribution in [2.45, 2.75) is 6.18 Å². The molecule has 1 saturated heterocycles. The van der Waals surface area contributed by atoms with Crippen LogP contribution < -0.4 is 10.2 Å². The molecule has 0 spiro atoms. The number of nitrogens with zero attached hydrogens (tertiary/aromatic N) is 3. The normalized spacial score (nSPS) is 15.2. The van der Waals surface area contributed by atoms with Crippen LogP contribution in [0.4, 0.5) is 24.5 Å². The number of anilines is 2. The van der Waals surface area contributed by atoms with Crippen LogP contribution in [0.25, 0.3) is 0 Å². The average Bonchev–Trinajstić information content (AvgIpc) is 2.62. The van der Waals surface area contributed by atoms with Gasteiger partial charge >= 0.3 is 6.18 Å². The van der Waals surface area contributed by atoms with Crippen molar-refractivity contribution in [2.24, 2.45) is 0 Å². The topological polar surface area (TPSA) is 31.4 Å². The molecule has 0 amide bonds. The third kappa shape index (κ3) is 4.39. The molecule has 8 heteroatoms. The number of piperazine rings is 1. The number of hydrogen-bond donors (Lipinski definition) is 1. The molecule has 0 unspecified atom stereocenters. The summed E-state index contributed by atoms with van der Waals surface area (Å²) in [6, 6.07) is 9.12. The van der Waals surface area contributed by atoms with Gasteiger partial charge in [-0.2, -0.15) is 13.2 Å². The highest BCUT2D eigenvalue weighted by atomic mass is 32.1. The van der Waals surface area contributed by atoms with E-state index in [0.29, 0.717) is 37.0 Å². The van der Waals surface area contributed by atoms with Crippen molar-refractivity contribution < 1.29 is 13.2 Å². The summed E-state index contributed by atoms with van der Waals surface area (Å²) in [6.45, 7) is 2.50. The minimum Gasteiger partial charge on any atom is -0.368 e. The fourth-order valence-corrected chi connectivity index (χ4v) is 2.99. The van der Waals surface area contributed by atoms with E-state index in [4.69, 9.17) is 12.2 Å². The highest BCUT2D eigenvalue weighted by Gasteiger charge is 2.31. The molecule has 0 saturated carbocycles. The van der Waals surface area contributed by atoms with Gasteiger partial charge in [0, 0.05) is 38.1 Å². The van der Waals surface area contributed by atoms with Crippen LogP contribution in [-0.2, 0) is 6.18 Å². The molecule has 0 atom stereocenters. The molecule has 1 N–H and O–H groups in total. The average molecular weight is 366 g/mol. The number of pyridine rings is 1. The Morgan fingerprint density at radius 1 is 1.08 bits per heavy atom. The maximum absolute atomic E-state index is 12.9. The SMILES string of the molecule is FC(F)(F)c1cccc(N2CCN(C(=S)Nc3cccnc3)CC2)c1. The lowest BCUT2D eigenvalue weighted by Gasteiger charge is -2.37. The van der Waals surface area contributed by atoms with Gasteiger partial charge in [-0.25, -0.2) is 0 Å². The highest BCUT2D eigenvalue weighted by molar-refractivity contribution is 7.80. The third-order valence-corrected chi connectivity index (χ3v) is 4.38. The molecular formula is C17H17F3N4S. The summed E-state index contributed by atoms with van der Waals surface area (Å²) in [7, 11) is 0. The summed E-state index contributed by atoms with van der Waals surface area (Å²) in [5, 5.41) is 3.72. The Balaban J connectivity index is 1.59. The number of aromatic nitrogens is 1. The van der Waals surface area contributed by atoms with Gasteiger partial charge in [0.1, 0.15) is 0 Å². The van der Waals surface area contributed by atoms with Gasteiger partial charge in [0.2, 0.25) is 0 Å². The van der Waals surface area contributed by atoms with Crippen molar-refractivity contribution in [1.29, 1.82) is 0 Å². The van der Waals surface area contributed by atoms with Gasteiger partial charge in [-0.15, -0.1) is 0 Å². The number of nitrogens with one attached hydrogen (secondary N) is 1. The van der Waals surface area contributed by atoms with Crippen LogP contribution in [0.1, 0.15) is 5.56 Å². The molecule has 1 aromatic heterocycles. The zero-order valence-electron chi connectivity index (χ0n) is 13.3. The molecule has 0 aliphatic carbocycles. The first-order valence-electron chi connectivity index (χ1n) is 7.81. The van der Waals surface area contributed by atoms with E-state index in [1.165, 1.54) is 12.1 Å². The zero-order valence-corrected chi connectivity index (χ0v) is 14.1. The van der Waals surface area contributed by atoms with Crippen LogP contribution in [0.5, 0.6) is 0 Å². The van der Waals surface area contributed by atoms with Gasteiger partial charge in [-0.1, -0.05) is 6.07 Å². The first kappa shape index (κ1) is 17.5. The number of alkyl halides is 3. The molecule has 1 aliphatic rings. The lowest BCUT2D eigenvalue weighted by molar-refractivity contribution is -0.137. The molecule has 25 heavy (non-hydrogen) atoms. The summed E-state index contributed by atoms with van der Waals surface area (Å²) in [4.78, 5) is 7.97. The number of halogens is 3. The van der Waals surface area contributed by atoms with Crippen LogP contribution in [0.3, 0.4) is 0 Å². The summed E-state index contributed by atoms with van der Waals surface area (Å²) >= 11 is 5.40. The van der Waals surface area contributed by atoms with Gasteiger partial charge in [-0.3, -0.25) is 4.98 Å². The maximum Gasteiger partial charge on any atom is 0.416 e. The molecule has 0 bridgehead atoms.